The summed E-state index contributed by atoms with van der Waals surface area (Å²) in [5.74, 6) is 0.975. The molecular weight excluding hydrogens is 452 g/mol. The molecule has 1 aromatic carbocycles. The molecular formula is C25H28N4O2S2. The molecule has 0 unspecified atom stereocenters. The van der Waals surface area contributed by atoms with Crippen LogP contribution < -0.4 is 10.5 Å². The molecule has 2 heterocycles. The van der Waals surface area contributed by atoms with Crippen molar-refractivity contribution in [2.24, 2.45) is 13.0 Å². The highest BCUT2D eigenvalue weighted by Gasteiger charge is 2.32. The maximum Gasteiger partial charge on any atom is 0.270 e. The van der Waals surface area contributed by atoms with Gasteiger partial charge >= 0.3 is 0 Å². The van der Waals surface area contributed by atoms with Crippen molar-refractivity contribution in [3.05, 3.63) is 67.8 Å². The molecule has 8 heteroatoms. The number of nitriles is 1. The standard InChI is InChI=1S/C25H28N4O2S2/c1-16(2)11-12-29-24(31)21(33-25(29)32)13-19-17(3)20(14-26)23(30)28(5)22(19)27(4)15-18-9-7-6-8-10-18/h6-10,13,16H,11-12,15H2,1-5H3/b21-13-. The van der Waals surface area contributed by atoms with E-state index in [1.54, 1.807) is 24.9 Å². The Morgan fingerprint density at radius 2 is 1.91 bits per heavy atom. The zero-order valence-corrected chi connectivity index (χ0v) is 21.2. The van der Waals surface area contributed by atoms with E-state index in [-0.39, 0.29) is 17.0 Å². The van der Waals surface area contributed by atoms with Crippen LogP contribution in [0.15, 0.2) is 40.0 Å². The van der Waals surface area contributed by atoms with E-state index in [1.807, 2.05) is 48.3 Å². The highest BCUT2D eigenvalue weighted by molar-refractivity contribution is 8.26. The summed E-state index contributed by atoms with van der Waals surface area (Å²) in [7, 11) is 3.56. The number of aromatic nitrogens is 1. The lowest BCUT2D eigenvalue weighted by Crippen LogP contribution is -2.31. The molecule has 1 saturated heterocycles. The van der Waals surface area contributed by atoms with E-state index in [0.717, 1.165) is 12.0 Å². The van der Waals surface area contributed by atoms with Gasteiger partial charge in [-0.1, -0.05) is 68.2 Å². The summed E-state index contributed by atoms with van der Waals surface area (Å²) in [6.45, 7) is 7.12. The number of benzene rings is 1. The van der Waals surface area contributed by atoms with Crippen LogP contribution in [0.25, 0.3) is 6.08 Å². The third-order valence-corrected chi connectivity index (χ3v) is 7.05. The molecule has 0 saturated carbocycles. The molecule has 0 radical (unpaired) electrons. The van der Waals surface area contributed by atoms with E-state index in [1.165, 1.54) is 16.3 Å². The second-order valence-electron chi connectivity index (χ2n) is 8.57. The van der Waals surface area contributed by atoms with E-state index >= 15 is 0 Å². The molecule has 6 nitrogen and oxygen atoms in total. The van der Waals surface area contributed by atoms with Crippen LogP contribution in [0.5, 0.6) is 0 Å². The van der Waals surface area contributed by atoms with Crippen molar-refractivity contribution in [3.63, 3.8) is 0 Å². The first-order valence-corrected chi connectivity index (χ1v) is 12.0. The fourth-order valence-electron chi connectivity index (χ4n) is 3.82. The van der Waals surface area contributed by atoms with Crippen LogP contribution in [-0.4, -0.2) is 33.3 Å². The maximum absolute atomic E-state index is 13.1. The van der Waals surface area contributed by atoms with Gasteiger partial charge in [0.05, 0.1) is 4.91 Å². The molecule has 1 aromatic heterocycles. The molecule has 2 aromatic rings. The third-order valence-electron chi connectivity index (χ3n) is 5.67. The second-order valence-corrected chi connectivity index (χ2v) is 10.2. The average Bonchev–Trinajstić information content (AvgIpc) is 3.04. The van der Waals surface area contributed by atoms with Crippen molar-refractivity contribution in [1.82, 2.24) is 9.47 Å². The van der Waals surface area contributed by atoms with Crippen molar-refractivity contribution in [2.75, 3.05) is 18.5 Å². The molecule has 0 aliphatic carbocycles. The molecule has 0 bridgehead atoms. The monoisotopic (exact) mass is 480 g/mol. The van der Waals surface area contributed by atoms with E-state index in [9.17, 15) is 14.9 Å². The molecule has 33 heavy (non-hydrogen) atoms. The fourth-order valence-corrected chi connectivity index (χ4v) is 5.11. The first-order chi connectivity index (χ1) is 15.6. The summed E-state index contributed by atoms with van der Waals surface area (Å²) in [5, 5.41) is 9.63. The minimum atomic E-state index is -0.355. The van der Waals surface area contributed by atoms with Gasteiger partial charge in [-0.25, -0.2) is 0 Å². The Hall–Kier alpha value is -2.89. The van der Waals surface area contributed by atoms with Gasteiger partial charge in [-0.05, 0) is 36.5 Å². The Balaban J connectivity index is 2.10. The second kappa shape index (κ2) is 10.4. The summed E-state index contributed by atoms with van der Waals surface area (Å²) >= 11 is 6.74. The molecule has 1 aliphatic rings. The molecule has 0 spiro atoms. The Labute approximate surface area is 204 Å². The SMILES string of the molecule is Cc1c(/C=C2\SC(=S)N(CCC(C)C)C2=O)c(N(C)Cc2ccccc2)n(C)c(=O)c1C#N. The predicted octanol–water partition coefficient (Wildman–Crippen LogP) is 4.45. The van der Waals surface area contributed by atoms with Crippen LogP contribution in [0.2, 0.25) is 0 Å². The summed E-state index contributed by atoms with van der Waals surface area (Å²) in [6, 6.07) is 12.0. The number of pyridine rings is 1. The molecule has 3 rings (SSSR count). The quantitative estimate of drug-likeness (QED) is 0.431. The Morgan fingerprint density at radius 3 is 2.52 bits per heavy atom. The highest BCUT2D eigenvalue weighted by atomic mass is 32.2. The van der Waals surface area contributed by atoms with Gasteiger partial charge in [0.25, 0.3) is 11.5 Å². The van der Waals surface area contributed by atoms with Crippen LogP contribution in [0.1, 0.15) is 42.5 Å². The number of hydrogen-bond acceptors (Lipinski definition) is 6. The number of rotatable bonds is 7. The summed E-state index contributed by atoms with van der Waals surface area (Å²) in [4.78, 5) is 30.1. The van der Waals surface area contributed by atoms with Crippen molar-refractivity contribution in [3.8, 4) is 6.07 Å². The van der Waals surface area contributed by atoms with Crippen LogP contribution >= 0.6 is 24.0 Å². The van der Waals surface area contributed by atoms with Gasteiger partial charge in [0.2, 0.25) is 0 Å². The zero-order valence-electron chi connectivity index (χ0n) is 19.6. The molecule has 1 amide bonds. The lowest BCUT2D eigenvalue weighted by Gasteiger charge is -2.26. The van der Waals surface area contributed by atoms with Crippen molar-refractivity contribution >= 4 is 46.1 Å². The van der Waals surface area contributed by atoms with Crippen LogP contribution in [0.4, 0.5) is 5.82 Å². The van der Waals surface area contributed by atoms with Crippen molar-refractivity contribution < 1.29 is 4.79 Å². The topological polar surface area (TPSA) is 69.3 Å². The lowest BCUT2D eigenvalue weighted by atomic mass is 10.0. The molecule has 1 aliphatic heterocycles. The van der Waals surface area contributed by atoms with E-state index in [2.05, 4.69) is 13.8 Å². The minimum Gasteiger partial charge on any atom is -0.356 e. The van der Waals surface area contributed by atoms with Crippen LogP contribution in [0.3, 0.4) is 0 Å². The van der Waals surface area contributed by atoms with Crippen molar-refractivity contribution in [2.45, 2.75) is 33.7 Å². The molecule has 0 N–H and O–H groups in total. The number of amides is 1. The number of hydrogen-bond donors (Lipinski definition) is 0. The van der Waals surface area contributed by atoms with Gasteiger partial charge in [-0.3, -0.25) is 19.1 Å². The Kier molecular flexibility index (Phi) is 7.77. The Bertz CT molecular complexity index is 1210. The number of thioether (sulfide) groups is 1. The van der Waals surface area contributed by atoms with Gasteiger partial charge in [0.15, 0.2) is 0 Å². The van der Waals surface area contributed by atoms with E-state index < -0.39 is 0 Å². The maximum atomic E-state index is 13.1. The normalized spacial score (nSPS) is 14.9. The summed E-state index contributed by atoms with van der Waals surface area (Å²) < 4.78 is 2.02. The van der Waals surface area contributed by atoms with E-state index in [4.69, 9.17) is 12.2 Å². The first kappa shape index (κ1) is 24.7. The first-order valence-electron chi connectivity index (χ1n) is 10.8. The van der Waals surface area contributed by atoms with E-state index in [0.29, 0.717) is 45.2 Å². The van der Waals surface area contributed by atoms with Crippen LogP contribution in [-0.2, 0) is 18.4 Å². The molecule has 0 atom stereocenters. The third kappa shape index (κ3) is 5.21. The smallest absolute Gasteiger partial charge is 0.270 e. The van der Waals surface area contributed by atoms with Gasteiger partial charge in [0.1, 0.15) is 21.8 Å². The van der Waals surface area contributed by atoms with Gasteiger partial charge < -0.3 is 4.90 Å². The van der Waals surface area contributed by atoms with Crippen LogP contribution in [0, 0.1) is 24.2 Å². The fraction of sp³-hybridized carbons (Fsp3) is 0.360. The number of anilines is 1. The lowest BCUT2D eigenvalue weighted by molar-refractivity contribution is -0.122. The number of carbonyl (C=O) groups excluding carboxylic acids is 1. The van der Waals surface area contributed by atoms with Gasteiger partial charge in [0, 0.05) is 32.7 Å². The van der Waals surface area contributed by atoms with Gasteiger partial charge in [-0.2, -0.15) is 5.26 Å². The Morgan fingerprint density at radius 1 is 1.24 bits per heavy atom. The van der Waals surface area contributed by atoms with Gasteiger partial charge in [-0.15, -0.1) is 0 Å². The average molecular weight is 481 g/mol. The molecule has 172 valence electrons. The largest absolute Gasteiger partial charge is 0.356 e. The number of thiocarbonyl (C=S) groups is 1. The molecule has 1 fully saturated rings. The summed E-state index contributed by atoms with van der Waals surface area (Å²) in [6.07, 6.45) is 2.64. The highest BCUT2D eigenvalue weighted by Crippen LogP contribution is 2.36. The predicted molar refractivity (Wildman–Crippen MR) is 139 cm³/mol. The zero-order chi connectivity index (χ0) is 24.3. The van der Waals surface area contributed by atoms with Crippen molar-refractivity contribution in [1.29, 1.82) is 5.26 Å². The summed E-state index contributed by atoms with van der Waals surface area (Å²) in [5.41, 5.74) is 2.04. The minimum absolute atomic E-state index is 0.0795. The number of nitrogens with zero attached hydrogens (tertiary/aromatic N) is 4. The number of carbonyl (C=O) groups is 1.